The maximum absolute atomic E-state index is 9.98. The highest BCUT2D eigenvalue weighted by atomic mass is 35.5. The lowest BCUT2D eigenvalue weighted by Crippen LogP contribution is -1.92. The summed E-state index contributed by atoms with van der Waals surface area (Å²) in [4.78, 5) is 9.98. The predicted molar refractivity (Wildman–Crippen MR) is 37.7 cm³/mol. The van der Waals surface area contributed by atoms with E-state index in [4.69, 9.17) is 11.6 Å². The third kappa shape index (κ3) is 3.37. The minimum atomic E-state index is -0.787. The smallest absolute Gasteiger partial charge is 0.404 e. The fourth-order valence-corrected chi connectivity index (χ4v) is 0.561. The molecule has 2 nitrogen and oxygen atoms in total. The predicted octanol–water partition coefficient (Wildman–Crippen LogP) is 1.78. The van der Waals surface area contributed by atoms with Gasteiger partial charge in [-0.05, 0) is 12.8 Å². The van der Waals surface area contributed by atoms with Crippen molar-refractivity contribution in [3.05, 3.63) is 0 Å². The monoisotopic (exact) mass is 158 g/mol. The summed E-state index contributed by atoms with van der Waals surface area (Å²) in [5.74, 6) is 6.18. The summed E-state index contributed by atoms with van der Waals surface area (Å²) in [6.45, 7) is 0.124. The molecule has 0 amide bonds. The zero-order chi connectivity index (χ0) is 7.40. The Morgan fingerprint density at radius 1 is 1.70 bits per heavy atom. The van der Waals surface area contributed by atoms with E-state index >= 15 is 0 Å². The molecule has 0 N–H and O–H groups in total. The molecule has 0 aromatic carbocycles. The highest BCUT2D eigenvalue weighted by molar-refractivity contribution is 6.61. The molecular formula is C7H7ClO2. The lowest BCUT2D eigenvalue weighted by molar-refractivity contribution is 0.188. The first-order chi connectivity index (χ1) is 4.79. The molecule has 10 heavy (non-hydrogen) atoms. The second-order valence-electron chi connectivity index (χ2n) is 2.12. The van der Waals surface area contributed by atoms with Crippen molar-refractivity contribution in [3.8, 4) is 11.8 Å². The van der Waals surface area contributed by atoms with E-state index in [0.717, 1.165) is 0 Å². The van der Waals surface area contributed by atoms with Crippen molar-refractivity contribution in [1.82, 2.24) is 0 Å². The lowest BCUT2D eigenvalue weighted by atomic mass is 10.4. The van der Waals surface area contributed by atoms with Gasteiger partial charge in [-0.25, -0.2) is 4.79 Å². The number of hydrogen-bond acceptors (Lipinski definition) is 2. The molecule has 1 aliphatic rings. The van der Waals surface area contributed by atoms with Crippen molar-refractivity contribution >= 4 is 17.0 Å². The van der Waals surface area contributed by atoms with E-state index in [9.17, 15) is 4.79 Å². The fraction of sp³-hybridized carbons (Fsp3) is 0.571. The van der Waals surface area contributed by atoms with E-state index in [1.54, 1.807) is 0 Å². The number of ether oxygens (including phenoxy) is 1. The van der Waals surface area contributed by atoms with Crippen LogP contribution in [0.2, 0.25) is 0 Å². The molecule has 0 heterocycles. The van der Waals surface area contributed by atoms with E-state index in [-0.39, 0.29) is 6.61 Å². The van der Waals surface area contributed by atoms with Crippen LogP contribution in [0.4, 0.5) is 4.79 Å². The van der Waals surface area contributed by atoms with Gasteiger partial charge in [0, 0.05) is 17.5 Å². The quantitative estimate of drug-likeness (QED) is 0.430. The third-order valence-corrected chi connectivity index (χ3v) is 1.25. The molecule has 1 aliphatic carbocycles. The Kier molecular flexibility index (Phi) is 2.58. The Balaban J connectivity index is 2.04. The molecule has 1 saturated carbocycles. The average molecular weight is 159 g/mol. The van der Waals surface area contributed by atoms with Gasteiger partial charge in [0.15, 0.2) is 6.61 Å². The van der Waals surface area contributed by atoms with Crippen LogP contribution in [0.5, 0.6) is 0 Å². The van der Waals surface area contributed by atoms with Crippen LogP contribution >= 0.6 is 11.6 Å². The summed E-state index contributed by atoms with van der Waals surface area (Å²) < 4.78 is 4.37. The van der Waals surface area contributed by atoms with E-state index in [1.165, 1.54) is 12.8 Å². The molecule has 3 heteroatoms. The number of rotatable bonds is 1. The summed E-state index contributed by atoms with van der Waals surface area (Å²) in [5.41, 5.74) is -0.787. The zero-order valence-electron chi connectivity index (χ0n) is 5.39. The van der Waals surface area contributed by atoms with Gasteiger partial charge in [-0.3, -0.25) is 0 Å². The lowest BCUT2D eigenvalue weighted by Gasteiger charge is -1.88. The Morgan fingerprint density at radius 3 is 2.90 bits per heavy atom. The average Bonchev–Trinajstić information content (AvgIpc) is 2.62. The summed E-state index contributed by atoms with van der Waals surface area (Å²) >= 11 is 4.88. The van der Waals surface area contributed by atoms with Gasteiger partial charge in [0.2, 0.25) is 0 Å². The molecule has 1 fully saturated rings. The third-order valence-electron chi connectivity index (χ3n) is 1.14. The molecule has 54 valence electrons. The van der Waals surface area contributed by atoms with Crippen molar-refractivity contribution in [2.75, 3.05) is 6.61 Å². The van der Waals surface area contributed by atoms with Gasteiger partial charge >= 0.3 is 5.43 Å². The van der Waals surface area contributed by atoms with Gasteiger partial charge < -0.3 is 4.74 Å². The summed E-state index contributed by atoms with van der Waals surface area (Å²) in [6.07, 6.45) is 2.36. The van der Waals surface area contributed by atoms with Crippen LogP contribution in [-0.4, -0.2) is 12.0 Å². The Bertz CT molecular complexity index is 186. The van der Waals surface area contributed by atoms with Crippen molar-refractivity contribution in [2.45, 2.75) is 12.8 Å². The second-order valence-corrected chi connectivity index (χ2v) is 2.43. The summed E-state index contributed by atoms with van der Waals surface area (Å²) in [6, 6.07) is 0. The summed E-state index contributed by atoms with van der Waals surface area (Å²) in [5, 5.41) is 0. The van der Waals surface area contributed by atoms with Crippen LogP contribution in [0.3, 0.4) is 0 Å². The molecule has 0 aromatic rings. The first kappa shape index (κ1) is 7.43. The fourth-order valence-electron chi connectivity index (χ4n) is 0.506. The molecule has 0 unspecified atom stereocenters. The number of carbonyl (C=O) groups excluding carboxylic acids is 1. The molecule has 0 spiro atoms. The first-order valence-corrected chi connectivity index (χ1v) is 3.47. The van der Waals surface area contributed by atoms with Gasteiger partial charge in [0.1, 0.15) is 0 Å². The molecule has 0 saturated heterocycles. The molecule has 0 aliphatic heterocycles. The maximum atomic E-state index is 9.98. The molecule has 0 atom stereocenters. The van der Waals surface area contributed by atoms with Crippen molar-refractivity contribution in [3.63, 3.8) is 0 Å². The van der Waals surface area contributed by atoms with Crippen LogP contribution in [0.1, 0.15) is 12.8 Å². The minimum absolute atomic E-state index is 0.124. The van der Waals surface area contributed by atoms with Crippen molar-refractivity contribution in [2.24, 2.45) is 5.92 Å². The zero-order valence-corrected chi connectivity index (χ0v) is 6.15. The summed E-state index contributed by atoms with van der Waals surface area (Å²) in [7, 11) is 0. The number of carbonyl (C=O) groups is 1. The van der Waals surface area contributed by atoms with Crippen LogP contribution in [-0.2, 0) is 4.74 Å². The molecule has 1 rings (SSSR count). The topological polar surface area (TPSA) is 26.3 Å². The number of halogens is 1. The van der Waals surface area contributed by atoms with Gasteiger partial charge in [-0.15, -0.1) is 0 Å². The van der Waals surface area contributed by atoms with Gasteiger partial charge in [-0.1, -0.05) is 11.8 Å². The molecular weight excluding hydrogens is 152 g/mol. The van der Waals surface area contributed by atoms with Gasteiger partial charge in [0.05, 0.1) is 0 Å². The first-order valence-electron chi connectivity index (χ1n) is 3.09. The second kappa shape index (κ2) is 3.48. The highest BCUT2D eigenvalue weighted by Gasteiger charge is 2.17. The van der Waals surface area contributed by atoms with Crippen LogP contribution in [0.25, 0.3) is 0 Å². The van der Waals surface area contributed by atoms with E-state index < -0.39 is 5.43 Å². The van der Waals surface area contributed by atoms with Gasteiger partial charge in [-0.2, -0.15) is 0 Å². The minimum Gasteiger partial charge on any atom is -0.441 e. The van der Waals surface area contributed by atoms with Crippen LogP contribution in [0, 0.1) is 17.8 Å². The SMILES string of the molecule is O=C(Cl)OCC#CC1CC1. The van der Waals surface area contributed by atoms with Crippen LogP contribution in [0.15, 0.2) is 0 Å². The van der Waals surface area contributed by atoms with Gasteiger partial charge in [0.25, 0.3) is 0 Å². The van der Waals surface area contributed by atoms with Crippen LogP contribution < -0.4 is 0 Å². The van der Waals surface area contributed by atoms with E-state index in [1.807, 2.05) is 0 Å². The molecule has 0 radical (unpaired) electrons. The largest absolute Gasteiger partial charge is 0.441 e. The molecule has 0 aromatic heterocycles. The standard InChI is InChI=1S/C7H7ClO2/c8-7(9)10-5-1-2-6-3-4-6/h6H,3-5H2. The maximum Gasteiger partial charge on any atom is 0.404 e. The molecule has 0 bridgehead atoms. The Labute approximate surface area is 64.5 Å². The van der Waals surface area contributed by atoms with Crippen molar-refractivity contribution < 1.29 is 9.53 Å². The van der Waals surface area contributed by atoms with Crippen molar-refractivity contribution in [1.29, 1.82) is 0 Å². The highest BCUT2D eigenvalue weighted by Crippen LogP contribution is 2.27. The number of hydrogen-bond donors (Lipinski definition) is 0. The van der Waals surface area contributed by atoms with E-state index in [0.29, 0.717) is 5.92 Å². The van der Waals surface area contributed by atoms with E-state index in [2.05, 4.69) is 16.6 Å². The normalized spacial score (nSPS) is 15.3. The Morgan fingerprint density at radius 2 is 2.40 bits per heavy atom. The Hall–Kier alpha value is -0.680.